The van der Waals surface area contributed by atoms with Gasteiger partial charge in [-0.1, -0.05) is 32.0 Å². The Bertz CT molecular complexity index is 435. The van der Waals surface area contributed by atoms with E-state index in [1.54, 1.807) is 0 Å². The van der Waals surface area contributed by atoms with Gasteiger partial charge in [0, 0.05) is 12.0 Å². The average Bonchev–Trinajstić information content (AvgIpc) is 2.54. The van der Waals surface area contributed by atoms with E-state index in [0.717, 1.165) is 50.8 Å². The van der Waals surface area contributed by atoms with Crippen LogP contribution in [0.5, 0.6) is 5.75 Å². The highest BCUT2D eigenvalue weighted by atomic mass is 16.5. The van der Waals surface area contributed by atoms with Gasteiger partial charge in [0.2, 0.25) is 0 Å². The number of hydrogen-bond acceptors (Lipinski definition) is 3. The van der Waals surface area contributed by atoms with Gasteiger partial charge in [-0.3, -0.25) is 0 Å². The van der Waals surface area contributed by atoms with Crippen molar-refractivity contribution in [1.82, 2.24) is 5.32 Å². The molecule has 1 aliphatic rings. The molecular formula is C18H29NO2. The Morgan fingerprint density at radius 3 is 2.86 bits per heavy atom. The molecule has 1 fully saturated rings. The molecule has 1 saturated carbocycles. The fourth-order valence-corrected chi connectivity index (χ4v) is 3.25. The van der Waals surface area contributed by atoms with Gasteiger partial charge in [0.05, 0.1) is 6.61 Å². The number of ether oxygens (including phenoxy) is 1. The van der Waals surface area contributed by atoms with E-state index in [1.807, 2.05) is 6.07 Å². The summed E-state index contributed by atoms with van der Waals surface area (Å²) in [6, 6.07) is 8.29. The van der Waals surface area contributed by atoms with Crippen molar-refractivity contribution in [2.75, 3.05) is 13.2 Å². The second-order valence-electron chi connectivity index (χ2n) is 6.16. The third-order valence-electron chi connectivity index (χ3n) is 4.50. The lowest BCUT2D eigenvalue weighted by molar-refractivity contribution is 0.0507. The molecule has 1 aromatic carbocycles. The van der Waals surface area contributed by atoms with E-state index in [-0.39, 0.29) is 18.2 Å². The van der Waals surface area contributed by atoms with Crippen LogP contribution in [0.2, 0.25) is 0 Å². The lowest BCUT2D eigenvalue weighted by Gasteiger charge is -2.40. The van der Waals surface area contributed by atoms with E-state index < -0.39 is 0 Å². The zero-order valence-electron chi connectivity index (χ0n) is 13.4. The Kier molecular flexibility index (Phi) is 6.07. The molecule has 3 heteroatoms. The molecule has 0 aliphatic heterocycles. The molecule has 21 heavy (non-hydrogen) atoms. The van der Waals surface area contributed by atoms with Gasteiger partial charge in [0.25, 0.3) is 0 Å². The van der Waals surface area contributed by atoms with E-state index in [9.17, 15) is 5.11 Å². The van der Waals surface area contributed by atoms with Crippen LogP contribution < -0.4 is 10.1 Å². The number of benzene rings is 1. The predicted octanol–water partition coefficient (Wildman–Crippen LogP) is 3.30. The topological polar surface area (TPSA) is 41.5 Å². The van der Waals surface area contributed by atoms with Crippen molar-refractivity contribution in [2.45, 2.75) is 64.0 Å². The maximum atomic E-state index is 9.83. The molecule has 0 amide bonds. The molecule has 0 bridgehead atoms. The summed E-state index contributed by atoms with van der Waals surface area (Å²) in [4.78, 5) is 0. The first kappa shape index (κ1) is 16.3. The number of aliphatic hydroxyl groups excluding tert-OH is 1. The van der Waals surface area contributed by atoms with Crippen LogP contribution in [-0.4, -0.2) is 29.9 Å². The second kappa shape index (κ2) is 7.81. The molecule has 2 N–H and O–H groups in total. The van der Waals surface area contributed by atoms with Crippen molar-refractivity contribution in [3.63, 3.8) is 0 Å². The van der Waals surface area contributed by atoms with Crippen molar-refractivity contribution >= 4 is 0 Å². The number of rotatable bonds is 7. The Morgan fingerprint density at radius 1 is 1.33 bits per heavy atom. The summed E-state index contributed by atoms with van der Waals surface area (Å²) in [6.07, 6.45) is 6.39. The van der Waals surface area contributed by atoms with Crippen LogP contribution in [0.3, 0.4) is 0 Å². The summed E-state index contributed by atoms with van der Waals surface area (Å²) in [5.41, 5.74) is 1.11. The van der Waals surface area contributed by atoms with Crippen molar-refractivity contribution in [2.24, 2.45) is 0 Å². The average molecular weight is 291 g/mol. The number of nitrogens with one attached hydrogen (secondary N) is 1. The standard InChI is InChI=1S/C18H29NO2/c1-3-12-19-18(14-20)11-7-9-16(13-18)21-17-10-6-5-8-15(17)4-2/h5-6,8,10,16,19-20H,3-4,7,9,11-14H2,1-2H3. The van der Waals surface area contributed by atoms with Crippen LogP contribution in [0.15, 0.2) is 24.3 Å². The first-order valence-electron chi connectivity index (χ1n) is 8.33. The minimum atomic E-state index is -0.153. The summed E-state index contributed by atoms with van der Waals surface area (Å²) in [6.45, 7) is 5.47. The molecule has 3 nitrogen and oxygen atoms in total. The normalized spacial score (nSPS) is 25.8. The van der Waals surface area contributed by atoms with Crippen LogP contribution in [0.1, 0.15) is 51.5 Å². The summed E-state index contributed by atoms with van der Waals surface area (Å²) in [5, 5.41) is 13.4. The van der Waals surface area contributed by atoms with Crippen LogP contribution in [0.4, 0.5) is 0 Å². The van der Waals surface area contributed by atoms with Crippen LogP contribution in [0.25, 0.3) is 0 Å². The quantitative estimate of drug-likeness (QED) is 0.810. The summed E-state index contributed by atoms with van der Waals surface area (Å²) in [7, 11) is 0. The molecule has 0 aromatic heterocycles. The van der Waals surface area contributed by atoms with Gasteiger partial charge in [-0.05, 0) is 50.3 Å². The molecule has 1 aliphatic carbocycles. The summed E-state index contributed by atoms with van der Waals surface area (Å²) >= 11 is 0. The highest BCUT2D eigenvalue weighted by Crippen LogP contribution is 2.32. The third-order valence-corrected chi connectivity index (χ3v) is 4.50. The first-order valence-corrected chi connectivity index (χ1v) is 8.33. The zero-order valence-corrected chi connectivity index (χ0v) is 13.4. The van der Waals surface area contributed by atoms with Gasteiger partial charge in [-0.2, -0.15) is 0 Å². The third kappa shape index (κ3) is 4.21. The van der Waals surface area contributed by atoms with Crippen LogP contribution in [0, 0.1) is 0 Å². The zero-order chi connectivity index (χ0) is 15.1. The molecule has 2 unspecified atom stereocenters. The van der Waals surface area contributed by atoms with Gasteiger partial charge in [0.1, 0.15) is 11.9 Å². The predicted molar refractivity (Wildman–Crippen MR) is 86.8 cm³/mol. The smallest absolute Gasteiger partial charge is 0.122 e. The van der Waals surface area contributed by atoms with Crippen molar-refractivity contribution in [3.05, 3.63) is 29.8 Å². The fourth-order valence-electron chi connectivity index (χ4n) is 3.25. The van der Waals surface area contributed by atoms with Gasteiger partial charge in [-0.15, -0.1) is 0 Å². The fraction of sp³-hybridized carbons (Fsp3) is 0.667. The molecular weight excluding hydrogens is 262 g/mol. The minimum Gasteiger partial charge on any atom is -0.490 e. The van der Waals surface area contributed by atoms with Crippen LogP contribution >= 0.6 is 0 Å². The Morgan fingerprint density at radius 2 is 2.14 bits per heavy atom. The SMILES string of the molecule is CCCNC1(CO)CCCC(Oc2ccccc2CC)C1. The largest absolute Gasteiger partial charge is 0.490 e. The highest BCUT2D eigenvalue weighted by molar-refractivity contribution is 5.33. The van der Waals surface area contributed by atoms with E-state index in [1.165, 1.54) is 5.56 Å². The minimum absolute atomic E-state index is 0.153. The number of para-hydroxylation sites is 1. The number of aliphatic hydroxyl groups is 1. The lowest BCUT2D eigenvalue weighted by atomic mass is 9.80. The van der Waals surface area contributed by atoms with E-state index >= 15 is 0 Å². The van der Waals surface area contributed by atoms with Gasteiger partial charge < -0.3 is 15.2 Å². The molecule has 0 saturated heterocycles. The highest BCUT2D eigenvalue weighted by Gasteiger charge is 2.36. The second-order valence-corrected chi connectivity index (χ2v) is 6.16. The molecule has 2 atom stereocenters. The maximum absolute atomic E-state index is 9.83. The number of hydrogen-bond donors (Lipinski definition) is 2. The van der Waals surface area contributed by atoms with E-state index in [2.05, 4.69) is 37.4 Å². The molecule has 0 heterocycles. The van der Waals surface area contributed by atoms with Crippen LogP contribution in [-0.2, 0) is 6.42 Å². The van der Waals surface area contributed by atoms with E-state index in [0.29, 0.717) is 0 Å². The Balaban J connectivity index is 2.03. The summed E-state index contributed by atoms with van der Waals surface area (Å²) in [5.74, 6) is 1.01. The molecule has 1 aromatic rings. The first-order chi connectivity index (χ1) is 10.2. The summed E-state index contributed by atoms with van der Waals surface area (Å²) < 4.78 is 6.26. The monoisotopic (exact) mass is 291 g/mol. The Labute approximate surface area is 128 Å². The van der Waals surface area contributed by atoms with Crippen molar-refractivity contribution in [1.29, 1.82) is 0 Å². The molecule has 2 rings (SSSR count). The molecule has 0 radical (unpaired) electrons. The maximum Gasteiger partial charge on any atom is 0.122 e. The van der Waals surface area contributed by atoms with Gasteiger partial charge in [0.15, 0.2) is 0 Å². The Hall–Kier alpha value is -1.06. The number of aryl methyl sites for hydroxylation is 1. The van der Waals surface area contributed by atoms with Gasteiger partial charge >= 0.3 is 0 Å². The molecule has 0 spiro atoms. The van der Waals surface area contributed by atoms with Crippen molar-refractivity contribution < 1.29 is 9.84 Å². The lowest BCUT2D eigenvalue weighted by Crippen LogP contribution is -2.53. The van der Waals surface area contributed by atoms with E-state index in [4.69, 9.17) is 4.74 Å². The van der Waals surface area contributed by atoms with Crippen molar-refractivity contribution in [3.8, 4) is 5.75 Å². The van der Waals surface area contributed by atoms with Gasteiger partial charge in [-0.25, -0.2) is 0 Å². The molecule has 118 valence electrons.